The highest BCUT2D eigenvalue weighted by Crippen LogP contribution is 2.74. The lowest BCUT2D eigenvalue weighted by molar-refractivity contribution is -0.198. The number of esters is 1. The van der Waals surface area contributed by atoms with Gasteiger partial charge >= 0.3 is 11.9 Å². The van der Waals surface area contributed by atoms with Crippen LogP contribution >= 0.6 is 0 Å². The molecular weight excluding hydrogens is 452 g/mol. The van der Waals surface area contributed by atoms with E-state index < -0.39 is 12.1 Å². The Kier molecular flexibility index (Phi) is 7.31. The summed E-state index contributed by atoms with van der Waals surface area (Å²) in [6.45, 7) is 15.0. The number of hydrogen-bond acceptors (Lipinski definition) is 4. The number of carboxylic acid groups (broad SMARTS) is 1. The first kappa shape index (κ1) is 27.4. The molecular formula is C31H48O5. The third-order valence-corrected chi connectivity index (χ3v) is 11.6. The molecule has 4 saturated carbocycles. The monoisotopic (exact) mass is 500 g/mol. The molecule has 5 heteroatoms. The van der Waals surface area contributed by atoms with Crippen LogP contribution in [0.4, 0.5) is 0 Å². The molecule has 36 heavy (non-hydrogen) atoms. The molecule has 0 spiro atoms. The molecule has 4 rings (SSSR count). The average Bonchev–Trinajstić information content (AvgIpc) is 3.05. The summed E-state index contributed by atoms with van der Waals surface area (Å²) in [4.78, 5) is 24.8. The minimum absolute atomic E-state index is 0.0346. The van der Waals surface area contributed by atoms with Crippen molar-refractivity contribution in [2.45, 2.75) is 118 Å². The topological polar surface area (TPSA) is 83.8 Å². The van der Waals surface area contributed by atoms with Crippen LogP contribution in [0, 0.1) is 39.9 Å². The molecule has 9 atom stereocenters. The molecule has 5 nitrogen and oxygen atoms in total. The van der Waals surface area contributed by atoms with Crippen LogP contribution in [0.5, 0.6) is 0 Å². The smallest absolute Gasteiger partial charge is 0.331 e. The number of aliphatic hydroxyl groups excluding tert-OH is 1. The molecule has 0 aromatic rings. The minimum Gasteiger partial charge on any atom is -0.478 e. The molecule has 0 saturated heterocycles. The van der Waals surface area contributed by atoms with Gasteiger partial charge < -0.3 is 14.9 Å². The fourth-order valence-electron chi connectivity index (χ4n) is 9.72. The van der Waals surface area contributed by atoms with Crippen molar-refractivity contribution in [3.8, 4) is 0 Å². The number of carboxylic acids is 1. The third kappa shape index (κ3) is 4.18. The van der Waals surface area contributed by atoms with Gasteiger partial charge in [0.1, 0.15) is 6.10 Å². The van der Waals surface area contributed by atoms with Gasteiger partial charge in [-0.2, -0.15) is 0 Å². The van der Waals surface area contributed by atoms with E-state index in [1.54, 1.807) is 0 Å². The second-order valence-corrected chi connectivity index (χ2v) is 13.5. The zero-order chi connectivity index (χ0) is 26.6. The maximum absolute atomic E-state index is 12.6. The molecule has 0 aromatic heterocycles. The first-order valence-corrected chi connectivity index (χ1v) is 14.2. The quantitative estimate of drug-likeness (QED) is 0.249. The van der Waals surface area contributed by atoms with E-state index in [1.807, 2.05) is 13.8 Å². The molecule has 0 radical (unpaired) electrons. The maximum Gasteiger partial charge on any atom is 0.331 e. The largest absolute Gasteiger partial charge is 0.478 e. The Balaban J connectivity index is 1.77. The summed E-state index contributed by atoms with van der Waals surface area (Å²) in [5, 5.41) is 21.0. The summed E-state index contributed by atoms with van der Waals surface area (Å²) < 4.78 is 5.92. The summed E-state index contributed by atoms with van der Waals surface area (Å²) in [7, 11) is 0. The van der Waals surface area contributed by atoms with E-state index in [4.69, 9.17) is 4.74 Å². The second-order valence-electron chi connectivity index (χ2n) is 13.5. The molecule has 0 bridgehead atoms. The van der Waals surface area contributed by atoms with Crippen molar-refractivity contribution in [3.63, 3.8) is 0 Å². The summed E-state index contributed by atoms with van der Waals surface area (Å²) in [5.41, 5.74) is 2.62. The first-order chi connectivity index (χ1) is 16.8. The number of ether oxygens (including phenoxy) is 1. The van der Waals surface area contributed by atoms with Gasteiger partial charge in [0.05, 0.1) is 6.10 Å². The van der Waals surface area contributed by atoms with Gasteiger partial charge in [0, 0.05) is 12.5 Å². The molecule has 0 aliphatic heterocycles. The molecule has 202 valence electrons. The van der Waals surface area contributed by atoms with E-state index in [1.165, 1.54) is 12.5 Å². The molecule has 0 heterocycles. The van der Waals surface area contributed by atoms with Crippen molar-refractivity contribution < 1.29 is 24.5 Å². The fourth-order valence-corrected chi connectivity index (χ4v) is 9.72. The zero-order valence-electron chi connectivity index (χ0n) is 23.5. The van der Waals surface area contributed by atoms with Gasteiger partial charge in [-0.25, -0.2) is 4.79 Å². The standard InChI is InChI=1S/C31H48O5/c1-18(2)9-8-10-21(28(34)35)27-23-11-12-26-29(5)15-14-24(33)19(3)22(29)13-16-30(26,6)31(23,7)17-25(27)36-20(4)32/h9,19,22-26,33H,8,10-17H2,1-7H3,(H,34,35)/b27-21-/t19-,22-,23-,24+,25-,26-,29-,30-,31-/m0/s1. The highest BCUT2D eigenvalue weighted by Gasteiger charge is 2.68. The van der Waals surface area contributed by atoms with Gasteiger partial charge in [-0.15, -0.1) is 0 Å². The van der Waals surface area contributed by atoms with Crippen molar-refractivity contribution in [3.05, 3.63) is 22.8 Å². The second kappa shape index (κ2) is 9.60. The van der Waals surface area contributed by atoms with Gasteiger partial charge in [0.2, 0.25) is 0 Å². The van der Waals surface area contributed by atoms with E-state index >= 15 is 0 Å². The lowest BCUT2D eigenvalue weighted by Gasteiger charge is -2.68. The van der Waals surface area contributed by atoms with E-state index in [-0.39, 0.29) is 34.2 Å². The van der Waals surface area contributed by atoms with E-state index in [2.05, 4.69) is 33.8 Å². The molecule has 4 fully saturated rings. The summed E-state index contributed by atoms with van der Waals surface area (Å²) >= 11 is 0. The minimum atomic E-state index is -0.869. The number of aliphatic carboxylic acids is 1. The summed E-state index contributed by atoms with van der Waals surface area (Å²) in [6.07, 6.45) is 9.44. The van der Waals surface area contributed by atoms with Gasteiger partial charge in [0.25, 0.3) is 0 Å². The number of carbonyl (C=O) groups excluding carboxylic acids is 1. The van der Waals surface area contributed by atoms with E-state index in [0.717, 1.165) is 44.1 Å². The predicted octanol–water partition coefficient (Wildman–Crippen LogP) is 6.70. The Hall–Kier alpha value is -1.62. The summed E-state index contributed by atoms with van der Waals surface area (Å²) in [6, 6.07) is 0. The van der Waals surface area contributed by atoms with Crippen molar-refractivity contribution in [2.75, 3.05) is 0 Å². The van der Waals surface area contributed by atoms with Crippen LogP contribution in [0.2, 0.25) is 0 Å². The van der Waals surface area contributed by atoms with Gasteiger partial charge in [0.15, 0.2) is 0 Å². The van der Waals surface area contributed by atoms with Gasteiger partial charge in [-0.3, -0.25) is 4.79 Å². The molecule has 0 amide bonds. The van der Waals surface area contributed by atoms with E-state index in [9.17, 15) is 19.8 Å². The number of aliphatic hydroxyl groups is 1. The van der Waals surface area contributed by atoms with Crippen LogP contribution in [-0.4, -0.2) is 34.4 Å². The van der Waals surface area contributed by atoms with Gasteiger partial charge in [-0.05, 0) is 117 Å². The SMILES string of the molecule is CC(=O)O[C@H]1C[C@@]2(C)[C@@H](CC[C@H]3[C@@]4(C)CC[C@@H](O)[C@@H](C)[C@@H]4CC[C@@]32C)/C1=C(\CCC=C(C)C)C(=O)O. The predicted molar refractivity (Wildman–Crippen MR) is 141 cm³/mol. The van der Waals surface area contributed by atoms with Crippen molar-refractivity contribution in [1.82, 2.24) is 0 Å². The van der Waals surface area contributed by atoms with Crippen LogP contribution < -0.4 is 0 Å². The van der Waals surface area contributed by atoms with Crippen molar-refractivity contribution in [1.29, 1.82) is 0 Å². The van der Waals surface area contributed by atoms with Crippen LogP contribution in [-0.2, 0) is 14.3 Å². The molecule has 4 aliphatic carbocycles. The van der Waals surface area contributed by atoms with Crippen LogP contribution in [0.25, 0.3) is 0 Å². The summed E-state index contributed by atoms with van der Waals surface area (Å²) in [5.74, 6) is 0.288. The Morgan fingerprint density at radius 1 is 1.03 bits per heavy atom. The zero-order valence-corrected chi connectivity index (χ0v) is 23.5. The number of allylic oxidation sites excluding steroid dienone is 2. The van der Waals surface area contributed by atoms with Crippen molar-refractivity contribution >= 4 is 11.9 Å². The molecule has 0 aromatic carbocycles. The van der Waals surface area contributed by atoms with E-state index in [0.29, 0.717) is 42.6 Å². The van der Waals surface area contributed by atoms with Crippen molar-refractivity contribution in [2.24, 2.45) is 39.9 Å². The Morgan fingerprint density at radius 3 is 2.33 bits per heavy atom. The number of carbonyl (C=O) groups is 2. The average molecular weight is 501 g/mol. The molecule has 2 N–H and O–H groups in total. The lowest BCUT2D eigenvalue weighted by Crippen LogP contribution is -2.61. The number of rotatable bonds is 5. The number of fused-ring (bicyclic) bond motifs is 5. The molecule has 4 aliphatic rings. The normalized spacial score (nSPS) is 45.1. The Labute approximate surface area is 217 Å². The third-order valence-electron chi connectivity index (χ3n) is 11.6. The number of hydrogen-bond donors (Lipinski definition) is 2. The highest BCUT2D eigenvalue weighted by atomic mass is 16.5. The Morgan fingerprint density at radius 2 is 1.72 bits per heavy atom. The Bertz CT molecular complexity index is 960. The fraction of sp³-hybridized carbons (Fsp3) is 0.806. The van der Waals surface area contributed by atoms with Crippen LogP contribution in [0.3, 0.4) is 0 Å². The molecule has 0 unspecified atom stereocenters. The van der Waals surface area contributed by atoms with Crippen LogP contribution in [0.15, 0.2) is 22.8 Å². The first-order valence-electron chi connectivity index (χ1n) is 14.2. The lowest BCUT2D eigenvalue weighted by atomic mass is 9.37. The van der Waals surface area contributed by atoms with Crippen LogP contribution in [0.1, 0.15) is 106 Å². The van der Waals surface area contributed by atoms with Gasteiger partial charge in [-0.1, -0.05) is 39.3 Å². The highest BCUT2D eigenvalue weighted by molar-refractivity contribution is 5.88. The maximum atomic E-state index is 12.6.